The Morgan fingerprint density at radius 3 is 0.930 bits per heavy atom. The van der Waals surface area contributed by atoms with E-state index in [2.05, 4.69) is 215 Å². The van der Waals surface area contributed by atoms with Gasteiger partial charge in [0, 0.05) is 78.7 Å². The highest BCUT2D eigenvalue weighted by atomic mass is 32.1. The van der Waals surface area contributed by atoms with Gasteiger partial charge in [0.25, 0.3) is 0 Å². The summed E-state index contributed by atoms with van der Waals surface area (Å²) in [6.07, 6.45) is 0. The number of nitrogens with zero attached hydrogens (tertiary/aromatic N) is 5. The first-order valence-corrected chi connectivity index (χ1v) is 26.1. The minimum absolute atomic E-state index is 0.442. The van der Waals surface area contributed by atoms with Gasteiger partial charge < -0.3 is 13.7 Å². The molecule has 0 unspecified atom stereocenters. The third-order valence-corrected chi connectivity index (χ3v) is 18.7. The maximum Gasteiger partial charge on any atom is 0.104 e. The van der Waals surface area contributed by atoms with E-state index in [-0.39, 0.29) is 0 Å². The Labute approximate surface area is 416 Å². The maximum absolute atomic E-state index is 12.3. The molecule has 6 heterocycles. The molecule has 0 radical (unpaired) electrons. The summed E-state index contributed by atoms with van der Waals surface area (Å²) in [4.78, 5) is 0. The van der Waals surface area contributed by atoms with Crippen LogP contribution in [0.25, 0.3) is 143 Å². The van der Waals surface area contributed by atoms with Crippen molar-refractivity contribution in [1.82, 2.24) is 13.7 Å². The zero-order valence-electron chi connectivity index (χ0n) is 37.8. The molecule has 16 rings (SSSR count). The van der Waals surface area contributed by atoms with Crippen LogP contribution in [0.2, 0.25) is 0 Å². The van der Waals surface area contributed by atoms with E-state index >= 15 is 0 Å². The van der Waals surface area contributed by atoms with Crippen molar-refractivity contribution in [1.29, 1.82) is 10.5 Å². The Morgan fingerprint density at radius 2 is 0.592 bits per heavy atom. The van der Waals surface area contributed by atoms with Crippen molar-refractivity contribution in [3.63, 3.8) is 0 Å². The molecular weight excluding hydrogens is 923 g/mol. The van der Waals surface area contributed by atoms with Crippen molar-refractivity contribution in [2.45, 2.75) is 6.92 Å². The second-order valence-electron chi connectivity index (χ2n) is 18.5. The molecule has 0 fully saturated rings. The Bertz CT molecular complexity index is 4940. The van der Waals surface area contributed by atoms with Crippen LogP contribution in [0.15, 0.2) is 182 Å². The molecule has 0 spiro atoms. The first kappa shape index (κ1) is 39.1. The monoisotopic (exact) mass is 955 g/mol. The smallest absolute Gasteiger partial charge is 0.104 e. The molecule has 328 valence electrons. The van der Waals surface area contributed by atoms with Gasteiger partial charge >= 0.3 is 0 Å². The predicted molar refractivity (Wildman–Crippen MR) is 302 cm³/mol. The highest BCUT2D eigenvalue weighted by Crippen LogP contribution is 2.51. The number of fused-ring (bicyclic) bond motifs is 21. The van der Waals surface area contributed by atoms with Crippen LogP contribution >= 0.6 is 34.0 Å². The first-order chi connectivity index (χ1) is 35.1. The second-order valence-corrected chi connectivity index (χ2v) is 21.7. The number of benzene rings is 10. The van der Waals surface area contributed by atoms with E-state index in [9.17, 15) is 10.5 Å². The van der Waals surface area contributed by atoms with Crippen molar-refractivity contribution in [3.8, 4) is 29.2 Å². The summed E-state index contributed by atoms with van der Waals surface area (Å²) in [5.74, 6) is 0. The summed E-state index contributed by atoms with van der Waals surface area (Å²) in [6.45, 7) is 2.14. The average molecular weight is 956 g/mol. The van der Waals surface area contributed by atoms with Crippen LogP contribution in [0.1, 0.15) is 16.7 Å². The fraction of sp³-hybridized carbons (Fsp3) is 0.0159. The molecule has 10 aromatic carbocycles. The van der Waals surface area contributed by atoms with Crippen LogP contribution in [0.4, 0.5) is 0 Å². The molecule has 0 aliphatic rings. The van der Waals surface area contributed by atoms with Crippen LogP contribution in [0.5, 0.6) is 0 Å². The lowest BCUT2D eigenvalue weighted by Crippen LogP contribution is -2.14. The molecule has 16 aromatic rings. The standard InChI is InChI=1S/C63H33N5S3/c1-34-55(66-49-20-8-2-14-35(49)41-26-29-44-38-17-5-11-23-52(38)69-61(44)58(41)66)47(32-64)57(68-51-22-10-4-16-37(51)43-28-31-46-40-19-7-13-25-54(40)71-63(46)60(43)68)48(33-65)56(34)67-50-21-9-3-15-36(50)42-27-30-45-39-18-6-12-24-53(39)70-62(45)59(42)67/h2-31H,1H3. The van der Waals surface area contributed by atoms with Crippen molar-refractivity contribution in [3.05, 3.63) is 199 Å². The number of thiophene rings is 3. The molecule has 0 aliphatic carbocycles. The molecule has 0 atom stereocenters. The predicted octanol–water partition coefficient (Wildman–Crippen LogP) is 18.1. The average Bonchev–Trinajstić information content (AvgIpc) is 4.27. The quantitative estimate of drug-likeness (QED) is 0.177. The van der Waals surface area contributed by atoms with Crippen LogP contribution in [0, 0.1) is 29.6 Å². The van der Waals surface area contributed by atoms with E-state index in [1.807, 2.05) is 0 Å². The Kier molecular flexibility index (Phi) is 7.81. The SMILES string of the molecule is Cc1c(-n2c3ccccc3c3ccc4c5ccccc5sc4c32)c(C#N)c(-n2c3ccccc3c3ccc4c5ccccc5sc4c32)c(C#N)c1-n1c2ccccc2c2ccc3c4ccccc4sc3c21. The number of para-hydroxylation sites is 3. The Morgan fingerprint density at radius 1 is 0.310 bits per heavy atom. The summed E-state index contributed by atoms with van der Waals surface area (Å²) < 4.78 is 14.1. The fourth-order valence-corrected chi connectivity index (χ4v) is 15.9. The molecule has 6 aromatic heterocycles. The van der Waals surface area contributed by atoms with E-state index in [0.29, 0.717) is 16.8 Å². The van der Waals surface area contributed by atoms with Gasteiger partial charge in [-0.05, 0) is 48.9 Å². The normalized spacial score (nSPS) is 12.3. The molecule has 5 nitrogen and oxygen atoms in total. The van der Waals surface area contributed by atoms with Crippen LogP contribution in [-0.4, -0.2) is 13.7 Å². The van der Waals surface area contributed by atoms with E-state index in [1.165, 1.54) is 41.0 Å². The Balaban J connectivity index is 1.19. The summed E-state index contributed by atoms with van der Waals surface area (Å²) in [6, 6.07) is 70.9. The van der Waals surface area contributed by atoms with Gasteiger partial charge in [-0.25, -0.2) is 0 Å². The van der Waals surface area contributed by atoms with Gasteiger partial charge in [-0.2, -0.15) is 10.5 Å². The minimum Gasteiger partial charge on any atom is -0.306 e. The van der Waals surface area contributed by atoms with Crippen molar-refractivity contribution < 1.29 is 0 Å². The van der Waals surface area contributed by atoms with Gasteiger partial charge in [0.15, 0.2) is 0 Å². The Hall–Kier alpha value is -8.76. The fourth-order valence-electron chi connectivity index (χ4n) is 12.2. The topological polar surface area (TPSA) is 62.4 Å². The molecule has 0 N–H and O–H groups in total. The second kappa shape index (κ2) is 14.2. The maximum atomic E-state index is 12.3. The molecule has 0 bridgehead atoms. The number of rotatable bonds is 3. The molecule has 8 heteroatoms. The largest absolute Gasteiger partial charge is 0.306 e. The molecule has 0 aliphatic heterocycles. The van der Waals surface area contributed by atoms with Crippen LogP contribution in [0.3, 0.4) is 0 Å². The molecule has 0 saturated heterocycles. The van der Waals surface area contributed by atoms with E-state index in [0.717, 1.165) is 102 Å². The van der Waals surface area contributed by atoms with Crippen LogP contribution < -0.4 is 0 Å². The summed E-state index contributed by atoms with van der Waals surface area (Å²) in [5.41, 5.74) is 9.84. The third kappa shape index (κ3) is 4.96. The lowest BCUT2D eigenvalue weighted by Gasteiger charge is -2.24. The van der Waals surface area contributed by atoms with Gasteiger partial charge in [-0.3, -0.25) is 0 Å². The number of aromatic nitrogens is 3. The van der Waals surface area contributed by atoms with Gasteiger partial charge in [-0.1, -0.05) is 146 Å². The van der Waals surface area contributed by atoms with E-state index in [1.54, 1.807) is 34.0 Å². The number of nitriles is 2. The van der Waals surface area contributed by atoms with Gasteiger partial charge in [0.05, 0.1) is 64.3 Å². The van der Waals surface area contributed by atoms with Gasteiger partial charge in [0.2, 0.25) is 0 Å². The highest BCUT2D eigenvalue weighted by Gasteiger charge is 2.33. The summed E-state index contributed by atoms with van der Waals surface area (Å²) in [7, 11) is 0. The molecule has 0 saturated carbocycles. The first-order valence-electron chi connectivity index (χ1n) is 23.6. The molecular formula is C63H33N5S3. The molecule has 71 heavy (non-hydrogen) atoms. The van der Waals surface area contributed by atoms with Crippen molar-refractivity contribution >= 4 is 160 Å². The summed E-state index contributed by atoms with van der Waals surface area (Å²) >= 11 is 5.36. The van der Waals surface area contributed by atoms with E-state index in [4.69, 9.17) is 0 Å². The minimum atomic E-state index is 0.442. The highest BCUT2D eigenvalue weighted by molar-refractivity contribution is 7.27. The van der Waals surface area contributed by atoms with Crippen molar-refractivity contribution in [2.75, 3.05) is 0 Å². The van der Waals surface area contributed by atoms with Crippen molar-refractivity contribution in [2.24, 2.45) is 0 Å². The van der Waals surface area contributed by atoms with Gasteiger partial charge in [0.1, 0.15) is 23.3 Å². The van der Waals surface area contributed by atoms with E-state index < -0.39 is 0 Å². The zero-order chi connectivity index (χ0) is 46.8. The third-order valence-electron chi connectivity index (χ3n) is 15.1. The van der Waals surface area contributed by atoms with Crippen LogP contribution in [-0.2, 0) is 0 Å². The molecule has 0 amide bonds. The zero-order valence-corrected chi connectivity index (χ0v) is 40.2. The lowest BCUT2D eigenvalue weighted by molar-refractivity contribution is 1.05. The van der Waals surface area contributed by atoms with Gasteiger partial charge in [-0.15, -0.1) is 34.0 Å². The number of hydrogen-bond acceptors (Lipinski definition) is 5. The lowest BCUT2D eigenvalue weighted by atomic mass is 9.96. The summed E-state index contributed by atoms with van der Waals surface area (Å²) in [5, 5.41) is 38.2. The number of hydrogen-bond donors (Lipinski definition) is 0.